The molecule has 3 aromatic carbocycles. The first-order valence-electron chi connectivity index (χ1n) is 8.22. The van der Waals surface area contributed by atoms with Crippen LogP contribution in [0.2, 0.25) is 0 Å². The molecule has 0 spiro atoms. The topological polar surface area (TPSA) is 44.5 Å². The first-order chi connectivity index (χ1) is 11.7. The number of ether oxygens (including phenoxy) is 2. The molecule has 24 heavy (non-hydrogen) atoms. The number of nitrogen functional groups attached to an aromatic ring is 1. The molecule has 3 rings (SSSR count). The molecule has 0 aliphatic carbocycles. The molecule has 0 aliphatic heterocycles. The monoisotopic (exact) mass is 323 g/mol. The van der Waals surface area contributed by atoms with Gasteiger partial charge in [0.25, 0.3) is 0 Å². The average Bonchev–Trinajstić information content (AvgIpc) is 2.65. The van der Waals surface area contributed by atoms with E-state index in [0.717, 1.165) is 39.1 Å². The highest BCUT2D eigenvalue weighted by Gasteiger charge is 2.10. The Morgan fingerprint density at radius 3 is 2.29 bits per heavy atom. The quantitative estimate of drug-likeness (QED) is 0.659. The van der Waals surface area contributed by atoms with Gasteiger partial charge in [-0.2, -0.15) is 0 Å². The number of methoxy groups -OCH3 is 1. The van der Waals surface area contributed by atoms with E-state index in [1.165, 1.54) is 0 Å². The van der Waals surface area contributed by atoms with Crippen molar-refractivity contribution in [3.63, 3.8) is 0 Å². The third-order valence-corrected chi connectivity index (χ3v) is 3.85. The summed E-state index contributed by atoms with van der Waals surface area (Å²) in [4.78, 5) is 0. The van der Waals surface area contributed by atoms with Gasteiger partial charge in [-0.05, 0) is 41.6 Å². The predicted molar refractivity (Wildman–Crippen MR) is 102 cm³/mol. The van der Waals surface area contributed by atoms with Crippen LogP contribution in [-0.4, -0.2) is 7.11 Å². The second-order valence-corrected chi connectivity index (χ2v) is 5.27. The predicted octanol–water partition coefficient (Wildman–Crippen LogP) is 5.34. The second-order valence-electron chi connectivity index (χ2n) is 5.27. The fourth-order valence-electron chi connectivity index (χ4n) is 2.51. The van der Waals surface area contributed by atoms with Crippen LogP contribution in [0.15, 0.2) is 54.6 Å². The van der Waals surface area contributed by atoms with Crippen molar-refractivity contribution >= 4 is 16.5 Å². The Kier molecular flexibility index (Phi) is 6.07. The number of aryl methyl sites for hydroxylation is 1. The van der Waals surface area contributed by atoms with Crippen molar-refractivity contribution in [2.75, 3.05) is 12.8 Å². The van der Waals surface area contributed by atoms with Gasteiger partial charge in [0, 0.05) is 17.1 Å². The molecule has 0 unspecified atom stereocenters. The number of hydrogen-bond acceptors (Lipinski definition) is 3. The van der Waals surface area contributed by atoms with Crippen LogP contribution in [0, 0.1) is 6.92 Å². The van der Waals surface area contributed by atoms with Crippen LogP contribution in [0.4, 0.5) is 5.69 Å². The van der Waals surface area contributed by atoms with Crippen LogP contribution in [0.5, 0.6) is 11.5 Å². The summed E-state index contributed by atoms with van der Waals surface area (Å²) >= 11 is 0. The lowest BCUT2D eigenvalue weighted by molar-refractivity contribution is 0.310. The van der Waals surface area contributed by atoms with Crippen molar-refractivity contribution in [3.05, 3.63) is 65.7 Å². The number of nitrogens with two attached hydrogens (primary N) is 1. The van der Waals surface area contributed by atoms with Gasteiger partial charge in [0.2, 0.25) is 0 Å². The molecular formula is C21H25NO2. The van der Waals surface area contributed by atoms with Crippen LogP contribution in [0.1, 0.15) is 25.0 Å². The van der Waals surface area contributed by atoms with Gasteiger partial charge >= 0.3 is 0 Å². The number of anilines is 1. The van der Waals surface area contributed by atoms with Gasteiger partial charge < -0.3 is 15.2 Å². The van der Waals surface area contributed by atoms with Gasteiger partial charge in [-0.25, -0.2) is 0 Å². The maximum Gasteiger partial charge on any atom is 0.129 e. The molecule has 0 heterocycles. The van der Waals surface area contributed by atoms with Crippen molar-refractivity contribution in [3.8, 4) is 11.5 Å². The molecule has 0 aromatic heterocycles. The zero-order valence-electron chi connectivity index (χ0n) is 14.8. The third-order valence-electron chi connectivity index (χ3n) is 3.85. The largest absolute Gasteiger partial charge is 0.497 e. The lowest BCUT2D eigenvalue weighted by atomic mass is 10.0. The molecule has 0 amide bonds. The summed E-state index contributed by atoms with van der Waals surface area (Å²) in [7, 11) is 1.66. The zero-order chi connectivity index (χ0) is 17.5. The molecule has 0 aliphatic rings. The van der Waals surface area contributed by atoms with Gasteiger partial charge in [0.05, 0.1) is 7.11 Å². The summed E-state index contributed by atoms with van der Waals surface area (Å²) in [6, 6.07) is 17.9. The fraction of sp³-hybridized carbons (Fsp3) is 0.238. The lowest BCUT2D eigenvalue weighted by Crippen LogP contribution is -1.99. The molecular weight excluding hydrogens is 298 g/mol. The highest BCUT2D eigenvalue weighted by atomic mass is 16.5. The molecule has 0 saturated carbocycles. The van der Waals surface area contributed by atoms with E-state index in [0.29, 0.717) is 6.61 Å². The number of benzene rings is 3. The van der Waals surface area contributed by atoms with E-state index in [4.69, 9.17) is 15.2 Å². The van der Waals surface area contributed by atoms with Crippen molar-refractivity contribution < 1.29 is 9.47 Å². The molecule has 126 valence electrons. The molecule has 0 bridgehead atoms. The normalized spacial score (nSPS) is 10.0. The number of hydrogen-bond donors (Lipinski definition) is 1. The first kappa shape index (κ1) is 17.7. The summed E-state index contributed by atoms with van der Waals surface area (Å²) in [5.41, 5.74) is 9.02. The van der Waals surface area contributed by atoms with Crippen LogP contribution in [0.3, 0.4) is 0 Å². The van der Waals surface area contributed by atoms with Crippen molar-refractivity contribution in [2.24, 2.45) is 0 Å². The third kappa shape index (κ3) is 3.80. The van der Waals surface area contributed by atoms with Crippen LogP contribution in [-0.2, 0) is 6.61 Å². The maximum absolute atomic E-state index is 6.13. The van der Waals surface area contributed by atoms with Gasteiger partial charge in [0.15, 0.2) is 0 Å². The van der Waals surface area contributed by atoms with E-state index < -0.39 is 0 Å². The minimum Gasteiger partial charge on any atom is -0.497 e. The van der Waals surface area contributed by atoms with Crippen LogP contribution >= 0.6 is 0 Å². The summed E-state index contributed by atoms with van der Waals surface area (Å²) in [6.07, 6.45) is 0. The minimum absolute atomic E-state index is 0.518. The van der Waals surface area contributed by atoms with E-state index in [1.807, 2.05) is 75.4 Å². The molecule has 3 aromatic rings. The SMILES string of the molecule is CC.COc1ccc2c(OCc3ccccc3)cc(N)c(C)c2c1. The summed E-state index contributed by atoms with van der Waals surface area (Å²) in [5.74, 6) is 1.61. The molecule has 2 N–H and O–H groups in total. The van der Waals surface area contributed by atoms with E-state index in [9.17, 15) is 0 Å². The first-order valence-corrected chi connectivity index (χ1v) is 8.22. The van der Waals surface area contributed by atoms with E-state index in [-0.39, 0.29) is 0 Å². The zero-order valence-corrected chi connectivity index (χ0v) is 14.8. The van der Waals surface area contributed by atoms with Crippen LogP contribution in [0.25, 0.3) is 10.8 Å². The van der Waals surface area contributed by atoms with E-state index in [1.54, 1.807) is 7.11 Å². The highest BCUT2D eigenvalue weighted by molar-refractivity contribution is 5.95. The molecule has 0 saturated heterocycles. The minimum atomic E-state index is 0.518. The molecule has 0 atom stereocenters. The smallest absolute Gasteiger partial charge is 0.129 e. The number of rotatable bonds is 4. The van der Waals surface area contributed by atoms with E-state index >= 15 is 0 Å². The van der Waals surface area contributed by atoms with Gasteiger partial charge in [-0.3, -0.25) is 0 Å². The standard InChI is InChI=1S/C19H19NO2.C2H6/c1-13-17-10-15(21-2)8-9-16(17)19(11-18(13)20)22-12-14-6-4-3-5-7-14;1-2/h3-11H,12,20H2,1-2H3;1-2H3. The number of fused-ring (bicyclic) bond motifs is 1. The maximum atomic E-state index is 6.13. The Hall–Kier alpha value is -2.68. The summed E-state index contributed by atoms with van der Waals surface area (Å²) in [6.45, 7) is 6.53. The van der Waals surface area contributed by atoms with Gasteiger partial charge in [-0.1, -0.05) is 44.2 Å². The van der Waals surface area contributed by atoms with Crippen molar-refractivity contribution in [1.29, 1.82) is 0 Å². The van der Waals surface area contributed by atoms with Crippen molar-refractivity contribution in [1.82, 2.24) is 0 Å². The Morgan fingerprint density at radius 2 is 1.62 bits per heavy atom. The second kappa shape index (κ2) is 8.25. The summed E-state index contributed by atoms with van der Waals surface area (Å²) in [5, 5.41) is 2.10. The average molecular weight is 323 g/mol. The Labute approximate surface area is 144 Å². The molecule has 3 heteroatoms. The Morgan fingerprint density at radius 1 is 0.917 bits per heavy atom. The van der Waals surface area contributed by atoms with Crippen molar-refractivity contribution in [2.45, 2.75) is 27.4 Å². The lowest BCUT2D eigenvalue weighted by Gasteiger charge is -2.14. The Balaban J connectivity index is 0.00000100. The van der Waals surface area contributed by atoms with Gasteiger partial charge in [0.1, 0.15) is 18.1 Å². The van der Waals surface area contributed by atoms with E-state index in [2.05, 4.69) is 0 Å². The fourth-order valence-corrected chi connectivity index (χ4v) is 2.51. The molecule has 0 fully saturated rings. The highest BCUT2D eigenvalue weighted by Crippen LogP contribution is 2.35. The molecule has 3 nitrogen and oxygen atoms in total. The van der Waals surface area contributed by atoms with Gasteiger partial charge in [-0.15, -0.1) is 0 Å². The molecule has 0 radical (unpaired) electrons. The van der Waals surface area contributed by atoms with Crippen LogP contribution < -0.4 is 15.2 Å². The Bertz CT molecular complexity index is 798. The summed E-state index contributed by atoms with van der Waals surface area (Å²) < 4.78 is 11.3.